The topological polar surface area (TPSA) is 69.7 Å². The van der Waals surface area contributed by atoms with Crippen LogP contribution in [-0.2, 0) is 32.1 Å². The maximum atomic E-state index is 13.8. The fourth-order valence-corrected chi connectivity index (χ4v) is 8.94. The van der Waals surface area contributed by atoms with Crippen molar-refractivity contribution in [3.63, 3.8) is 0 Å². The minimum absolute atomic E-state index is 0.175. The number of carbonyl (C=O) groups is 1. The summed E-state index contributed by atoms with van der Waals surface area (Å²) in [7, 11) is 6.52. The Hall–Kier alpha value is -2.82. The second-order valence-corrected chi connectivity index (χ2v) is 16.3. The van der Waals surface area contributed by atoms with Gasteiger partial charge in [0, 0.05) is 17.5 Å². The number of hydrogen-bond donors (Lipinski definition) is 0. The highest BCUT2D eigenvalue weighted by Gasteiger charge is 2.44. The minimum Gasteiger partial charge on any atom is -0.493 e. The van der Waals surface area contributed by atoms with Crippen molar-refractivity contribution in [2.24, 2.45) is 0 Å². The molecular formula is C39H50Cl2N2O6S. The third-order valence-electron chi connectivity index (χ3n) is 9.84. The molecule has 1 saturated heterocycles. The predicted octanol–water partition coefficient (Wildman–Crippen LogP) is 9.32. The Morgan fingerprint density at radius 1 is 0.940 bits per heavy atom. The lowest BCUT2D eigenvalue weighted by atomic mass is 9.83. The average molecular weight is 746 g/mol. The summed E-state index contributed by atoms with van der Waals surface area (Å²) in [4.78, 5) is 18.1. The first kappa shape index (κ1) is 38.4. The van der Waals surface area contributed by atoms with Crippen LogP contribution in [0.15, 0.2) is 54.6 Å². The molecule has 5 rings (SSSR count). The Bertz CT molecular complexity index is 1620. The number of rotatable bonds is 13. The number of benzene rings is 3. The number of methoxy groups -OCH3 is 3. The van der Waals surface area contributed by atoms with E-state index in [0.717, 1.165) is 55.8 Å². The van der Waals surface area contributed by atoms with E-state index in [2.05, 4.69) is 40.9 Å². The number of halogens is 2. The smallest absolute Gasteiger partial charge is 0.410 e. The van der Waals surface area contributed by atoms with E-state index in [0.29, 0.717) is 33.7 Å². The lowest BCUT2D eigenvalue weighted by Crippen LogP contribution is -2.52. The van der Waals surface area contributed by atoms with Crippen molar-refractivity contribution in [2.75, 3.05) is 54.6 Å². The summed E-state index contributed by atoms with van der Waals surface area (Å²) in [5, 5.41) is 0.850. The molecule has 1 fully saturated rings. The molecule has 3 aromatic carbocycles. The fourth-order valence-electron chi connectivity index (χ4n) is 7.14. The Kier molecular flexibility index (Phi) is 12.5. The molecule has 3 aromatic rings. The van der Waals surface area contributed by atoms with Crippen LogP contribution in [0.5, 0.6) is 17.2 Å². The number of hydrogen-bond acceptors (Lipinski definition) is 8. The van der Waals surface area contributed by atoms with Crippen molar-refractivity contribution in [3.8, 4) is 17.2 Å². The second kappa shape index (κ2) is 16.2. The largest absolute Gasteiger partial charge is 0.493 e. The van der Waals surface area contributed by atoms with Crippen LogP contribution in [-0.4, -0.2) is 76.1 Å². The van der Waals surface area contributed by atoms with E-state index in [1.54, 1.807) is 39.3 Å². The summed E-state index contributed by atoms with van der Waals surface area (Å²) in [6.07, 6.45) is 3.23. The van der Waals surface area contributed by atoms with Crippen molar-refractivity contribution >= 4 is 41.1 Å². The zero-order valence-electron chi connectivity index (χ0n) is 30.3. The summed E-state index contributed by atoms with van der Waals surface area (Å²) in [5.74, 6) is 2.67. The Labute approximate surface area is 311 Å². The van der Waals surface area contributed by atoms with Crippen LogP contribution in [0.4, 0.5) is 4.79 Å². The molecule has 0 aromatic heterocycles. The Balaban J connectivity index is 1.39. The van der Waals surface area contributed by atoms with Gasteiger partial charge in [-0.3, -0.25) is 4.90 Å². The SMILES string of the molecule is COc1cc(COC[C@](CCCN2CCC3(CC2)SCc2ccccc23)(c2ccc(Cl)c(Cl)c2)N(C)C(=O)OC(C)(C)C)cc(OC)c1OC. The highest BCUT2D eigenvalue weighted by molar-refractivity contribution is 7.99. The van der Waals surface area contributed by atoms with Gasteiger partial charge in [-0.1, -0.05) is 53.5 Å². The van der Waals surface area contributed by atoms with Gasteiger partial charge >= 0.3 is 6.09 Å². The maximum absolute atomic E-state index is 13.8. The van der Waals surface area contributed by atoms with Gasteiger partial charge in [-0.25, -0.2) is 4.79 Å². The summed E-state index contributed by atoms with van der Waals surface area (Å²) < 4.78 is 29.3. The Morgan fingerprint density at radius 2 is 1.62 bits per heavy atom. The number of ether oxygens (including phenoxy) is 5. The molecule has 2 heterocycles. The number of piperidine rings is 1. The monoisotopic (exact) mass is 744 g/mol. The number of nitrogens with zero attached hydrogens (tertiary/aromatic N) is 2. The quantitative estimate of drug-likeness (QED) is 0.172. The maximum Gasteiger partial charge on any atom is 0.410 e. The van der Waals surface area contributed by atoms with Crippen molar-refractivity contribution in [1.29, 1.82) is 0 Å². The van der Waals surface area contributed by atoms with E-state index in [1.807, 2.05) is 45.0 Å². The zero-order valence-corrected chi connectivity index (χ0v) is 32.6. The molecule has 2 aliphatic rings. The molecule has 8 nitrogen and oxygen atoms in total. The number of likely N-dealkylation sites (tertiary alicyclic amines) is 1. The first-order valence-electron chi connectivity index (χ1n) is 17.1. The predicted molar refractivity (Wildman–Crippen MR) is 202 cm³/mol. The number of amides is 1. The first-order valence-corrected chi connectivity index (χ1v) is 18.8. The molecule has 0 aliphatic carbocycles. The lowest BCUT2D eigenvalue weighted by molar-refractivity contribution is -0.0356. The molecule has 0 bridgehead atoms. The van der Waals surface area contributed by atoms with Crippen LogP contribution >= 0.6 is 35.0 Å². The van der Waals surface area contributed by atoms with Crippen LogP contribution in [0.25, 0.3) is 0 Å². The summed E-state index contributed by atoms with van der Waals surface area (Å²) in [6, 6.07) is 18.2. The molecule has 2 aliphatic heterocycles. The molecular weight excluding hydrogens is 695 g/mol. The molecule has 0 unspecified atom stereocenters. The lowest BCUT2D eigenvalue weighted by Gasteiger charge is -2.44. The van der Waals surface area contributed by atoms with E-state index in [4.69, 9.17) is 46.9 Å². The number of thioether (sulfide) groups is 1. The summed E-state index contributed by atoms with van der Waals surface area (Å²) >= 11 is 15.1. The number of fused-ring (bicyclic) bond motifs is 2. The van der Waals surface area contributed by atoms with Crippen molar-refractivity contribution in [2.45, 2.75) is 74.7 Å². The summed E-state index contributed by atoms with van der Waals surface area (Å²) in [5.41, 5.74) is 3.04. The van der Waals surface area contributed by atoms with Crippen molar-refractivity contribution < 1.29 is 28.5 Å². The van der Waals surface area contributed by atoms with Crippen LogP contribution in [0.2, 0.25) is 10.0 Å². The third kappa shape index (κ3) is 8.45. The average Bonchev–Trinajstić information content (AvgIpc) is 3.45. The first-order chi connectivity index (χ1) is 23.8. The molecule has 0 N–H and O–H groups in total. The minimum atomic E-state index is -0.922. The normalized spacial score (nSPS) is 16.8. The molecule has 50 heavy (non-hydrogen) atoms. The van der Waals surface area contributed by atoms with Crippen LogP contribution in [0.1, 0.15) is 68.7 Å². The Morgan fingerprint density at radius 3 is 2.24 bits per heavy atom. The second-order valence-electron chi connectivity index (χ2n) is 14.1. The van der Waals surface area contributed by atoms with Gasteiger partial charge in [-0.15, -0.1) is 11.8 Å². The van der Waals surface area contributed by atoms with Crippen LogP contribution < -0.4 is 14.2 Å². The van der Waals surface area contributed by atoms with Gasteiger partial charge in [0.25, 0.3) is 0 Å². The number of carbonyl (C=O) groups excluding carboxylic acids is 1. The van der Waals surface area contributed by atoms with Crippen LogP contribution in [0, 0.1) is 0 Å². The molecule has 1 amide bonds. The molecule has 0 saturated carbocycles. The van der Waals surface area contributed by atoms with Crippen LogP contribution in [0.3, 0.4) is 0 Å². The van der Waals surface area contributed by atoms with Gasteiger partial charge in [0.1, 0.15) is 5.60 Å². The molecule has 11 heteroatoms. The van der Waals surface area contributed by atoms with E-state index in [1.165, 1.54) is 11.1 Å². The van der Waals surface area contributed by atoms with Gasteiger partial charge in [0.15, 0.2) is 11.5 Å². The highest BCUT2D eigenvalue weighted by Crippen LogP contribution is 2.53. The van der Waals surface area contributed by atoms with Gasteiger partial charge < -0.3 is 28.6 Å². The fraction of sp³-hybridized carbons (Fsp3) is 0.513. The van der Waals surface area contributed by atoms with E-state index in [-0.39, 0.29) is 18.0 Å². The molecule has 0 radical (unpaired) electrons. The third-order valence-corrected chi connectivity index (χ3v) is 12.2. The highest BCUT2D eigenvalue weighted by atomic mass is 35.5. The molecule has 1 spiro atoms. The molecule has 1 atom stereocenters. The molecule has 272 valence electrons. The number of likely N-dealkylation sites (N-methyl/N-ethyl adjacent to an activating group) is 1. The van der Waals surface area contributed by atoms with Gasteiger partial charge in [0.2, 0.25) is 5.75 Å². The van der Waals surface area contributed by atoms with Crippen molar-refractivity contribution in [3.05, 3.63) is 86.9 Å². The van der Waals surface area contributed by atoms with E-state index in [9.17, 15) is 4.79 Å². The zero-order chi connectivity index (χ0) is 36.1. The van der Waals surface area contributed by atoms with Gasteiger partial charge in [0.05, 0.1) is 50.1 Å². The van der Waals surface area contributed by atoms with Gasteiger partial charge in [-0.2, -0.15) is 0 Å². The van der Waals surface area contributed by atoms with E-state index >= 15 is 0 Å². The summed E-state index contributed by atoms with van der Waals surface area (Å²) in [6.45, 7) is 8.95. The standard InChI is InChI=1S/C39H50Cl2N2O6S/c1-37(2,3)49-36(44)42(4)38(29-13-14-31(40)32(41)23-29,26-48-24-27-21-33(45-5)35(47-7)34(22-27)46-6)15-10-18-43-19-16-39(17-20-43)30-12-9-8-11-28(30)25-50-39/h8-9,11-14,21-23H,10,15-20,24-26H2,1-7H3/t38-/m1/s1. The van der Waals surface area contributed by atoms with Crippen molar-refractivity contribution in [1.82, 2.24) is 9.80 Å². The van der Waals surface area contributed by atoms with E-state index < -0.39 is 17.2 Å². The van der Waals surface area contributed by atoms with Gasteiger partial charge in [-0.05, 0) is 113 Å².